The first-order chi connectivity index (χ1) is 5.38. The van der Waals surface area contributed by atoms with Gasteiger partial charge in [0.2, 0.25) is 0 Å². The first-order valence-electron chi connectivity index (χ1n) is 4.73. The molecule has 1 heterocycles. The lowest BCUT2D eigenvalue weighted by Crippen LogP contribution is -2.39. The summed E-state index contributed by atoms with van der Waals surface area (Å²) >= 11 is 0. The molecule has 2 nitrogen and oxygen atoms in total. The summed E-state index contributed by atoms with van der Waals surface area (Å²) in [7, 11) is 0. The zero-order valence-corrected chi connectivity index (χ0v) is 7.42. The Kier molecular flexibility index (Phi) is 3.87. The lowest BCUT2D eigenvalue weighted by atomic mass is 10.00. The number of piperidine rings is 1. The van der Waals surface area contributed by atoms with Crippen molar-refractivity contribution < 1.29 is 5.11 Å². The molecule has 0 unspecified atom stereocenters. The Morgan fingerprint density at radius 1 is 1.45 bits per heavy atom. The number of rotatable bonds is 3. The van der Waals surface area contributed by atoms with Crippen molar-refractivity contribution in [2.75, 3.05) is 19.7 Å². The van der Waals surface area contributed by atoms with E-state index in [0.717, 1.165) is 13.0 Å². The fourth-order valence-electron chi connectivity index (χ4n) is 1.95. The fraction of sp³-hybridized carbons (Fsp3) is 1.00. The molecule has 0 saturated carbocycles. The quantitative estimate of drug-likeness (QED) is 0.666. The smallest absolute Gasteiger partial charge is 0.0445 e. The average Bonchev–Trinajstić information content (AvgIpc) is 2.06. The van der Waals surface area contributed by atoms with Crippen LogP contribution in [0.25, 0.3) is 0 Å². The van der Waals surface area contributed by atoms with Gasteiger partial charge in [-0.25, -0.2) is 0 Å². The van der Waals surface area contributed by atoms with Crippen LogP contribution in [0.15, 0.2) is 0 Å². The van der Waals surface area contributed by atoms with Gasteiger partial charge in [0.05, 0.1) is 0 Å². The summed E-state index contributed by atoms with van der Waals surface area (Å²) in [6.45, 7) is 4.93. The Bertz CT molecular complexity index is 104. The Hall–Kier alpha value is -0.0800. The molecule has 2 heteroatoms. The van der Waals surface area contributed by atoms with E-state index >= 15 is 0 Å². The van der Waals surface area contributed by atoms with Crippen LogP contribution in [0.1, 0.15) is 32.6 Å². The maximum atomic E-state index is 8.81. The first kappa shape index (κ1) is 9.01. The molecule has 0 aromatic carbocycles. The zero-order chi connectivity index (χ0) is 8.10. The van der Waals surface area contributed by atoms with E-state index < -0.39 is 0 Å². The van der Waals surface area contributed by atoms with Crippen molar-refractivity contribution in [2.45, 2.75) is 38.6 Å². The third-order valence-corrected chi connectivity index (χ3v) is 2.62. The van der Waals surface area contributed by atoms with E-state index in [2.05, 4.69) is 11.8 Å². The van der Waals surface area contributed by atoms with Gasteiger partial charge >= 0.3 is 0 Å². The van der Waals surface area contributed by atoms with Gasteiger partial charge in [-0.05, 0) is 32.4 Å². The van der Waals surface area contributed by atoms with Crippen molar-refractivity contribution in [3.63, 3.8) is 0 Å². The molecule has 1 aliphatic heterocycles. The van der Waals surface area contributed by atoms with E-state index in [1.807, 2.05) is 0 Å². The van der Waals surface area contributed by atoms with Crippen LogP contribution in [0.5, 0.6) is 0 Å². The molecule has 0 spiro atoms. The summed E-state index contributed by atoms with van der Waals surface area (Å²) in [5.74, 6) is 0. The fourth-order valence-corrected chi connectivity index (χ4v) is 1.95. The molecule has 1 aliphatic rings. The van der Waals surface area contributed by atoms with E-state index in [1.165, 1.54) is 25.8 Å². The van der Waals surface area contributed by atoms with Crippen LogP contribution in [0.3, 0.4) is 0 Å². The molecule has 0 aromatic heterocycles. The topological polar surface area (TPSA) is 23.5 Å². The maximum absolute atomic E-state index is 8.81. The molecule has 1 N–H and O–H groups in total. The minimum Gasteiger partial charge on any atom is -0.396 e. The van der Waals surface area contributed by atoms with Crippen molar-refractivity contribution >= 4 is 0 Å². The van der Waals surface area contributed by atoms with Crippen molar-refractivity contribution in [1.29, 1.82) is 0 Å². The molecule has 0 aromatic rings. The molecule has 1 atom stereocenters. The summed E-state index contributed by atoms with van der Waals surface area (Å²) < 4.78 is 0. The largest absolute Gasteiger partial charge is 0.396 e. The van der Waals surface area contributed by atoms with Crippen molar-refractivity contribution in [3.05, 3.63) is 0 Å². The lowest BCUT2D eigenvalue weighted by Gasteiger charge is -2.34. The zero-order valence-electron chi connectivity index (χ0n) is 7.42. The van der Waals surface area contributed by atoms with Crippen LogP contribution in [-0.4, -0.2) is 35.7 Å². The normalized spacial score (nSPS) is 27.3. The Morgan fingerprint density at radius 2 is 2.27 bits per heavy atom. The number of likely N-dealkylation sites (tertiary alicyclic amines) is 1. The second-order valence-corrected chi connectivity index (χ2v) is 3.29. The molecule has 0 radical (unpaired) electrons. The van der Waals surface area contributed by atoms with Gasteiger partial charge in [-0.2, -0.15) is 0 Å². The van der Waals surface area contributed by atoms with Crippen molar-refractivity contribution in [2.24, 2.45) is 0 Å². The molecule has 1 fully saturated rings. The van der Waals surface area contributed by atoms with Gasteiger partial charge in [-0.15, -0.1) is 0 Å². The minimum atomic E-state index is 0.348. The average molecular weight is 157 g/mol. The SMILES string of the molecule is CCN1CCCC[C@H]1CCO. The van der Waals surface area contributed by atoms with E-state index in [4.69, 9.17) is 5.11 Å². The highest BCUT2D eigenvalue weighted by Gasteiger charge is 2.19. The first-order valence-corrected chi connectivity index (χ1v) is 4.73. The molecule has 66 valence electrons. The number of aliphatic hydroxyl groups is 1. The molecular formula is C9H19NO. The van der Waals surface area contributed by atoms with E-state index in [9.17, 15) is 0 Å². The number of aliphatic hydroxyl groups excluding tert-OH is 1. The van der Waals surface area contributed by atoms with Crippen LogP contribution in [0, 0.1) is 0 Å². The summed E-state index contributed by atoms with van der Waals surface area (Å²) in [4.78, 5) is 2.49. The predicted octanol–water partition coefficient (Wildman–Crippen LogP) is 1.24. The highest BCUT2D eigenvalue weighted by molar-refractivity contribution is 4.75. The third-order valence-electron chi connectivity index (χ3n) is 2.62. The van der Waals surface area contributed by atoms with Crippen LogP contribution in [0.2, 0.25) is 0 Å². The van der Waals surface area contributed by atoms with Gasteiger partial charge in [-0.3, -0.25) is 0 Å². The Labute approximate surface area is 69.2 Å². The Morgan fingerprint density at radius 3 is 2.91 bits per heavy atom. The van der Waals surface area contributed by atoms with Gasteiger partial charge in [0.1, 0.15) is 0 Å². The van der Waals surface area contributed by atoms with E-state index in [1.54, 1.807) is 0 Å². The molecule has 11 heavy (non-hydrogen) atoms. The van der Waals surface area contributed by atoms with E-state index in [-0.39, 0.29) is 0 Å². The minimum absolute atomic E-state index is 0.348. The molecular weight excluding hydrogens is 138 g/mol. The van der Waals surface area contributed by atoms with Crippen molar-refractivity contribution in [1.82, 2.24) is 4.90 Å². The summed E-state index contributed by atoms with van der Waals surface area (Å²) in [5, 5.41) is 8.81. The van der Waals surface area contributed by atoms with Gasteiger partial charge in [0.25, 0.3) is 0 Å². The monoisotopic (exact) mass is 157 g/mol. The molecule has 1 saturated heterocycles. The van der Waals surface area contributed by atoms with Gasteiger partial charge in [0.15, 0.2) is 0 Å². The third kappa shape index (κ3) is 2.46. The number of hydrogen-bond acceptors (Lipinski definition) is 2. The van der Waals surface area contributed by atoms with Crippen LogP contribution in [-0.2, 0) is 0 Å². The number of hydrogen-bond donors (Lipinski definition) is 1. The second-order valence-electron chi connectivity index (χ2n) is 3.29. The maximum Gasteiger partial charge on any atom is 0.0445 e. The van der Waals surface area contributed by atoms with Crippen LogP contribution in [0.4, 0.5) is 0 Å². The standard InChI is InChI=1S/C9H19NO/c1-2-10-7-4-3-5-9(10)6-8-11/h9,11H,2-8H2,1H3/t9-/m0/s1. The molecule has 0 bridgehead atoms. The van der Waals surface area contributed by atoms with Gasteiger partial charge in [0, 0.05) is 12.6 Å². The van der Waals surface area contributed by atoms with Gasteiger partial charge in [-0.1, -0.05) is 13.3 Å². The van der Waals surface area contributed by atoms with E-state index in [0.29, 0.717) is 12.6 Å². The van der Waals surface area contributed by atoms with Crippen molar-refractivity contribution in [3.8, 4) is 0 Å². The highest BCUT2D eigenvalue weighted by Crippen LogP contribution is 2.18. The van der Waals surface area contributed by atoms with Crippen LogP contribution < -0.4 is 0 Å². The summed E-state index contributed by atoms with van der Waals surface area (Å²) in [6, 6.07) is 0.666. The molecule has 1 rings (SSSR count). The Balaban J connectivity index is 2.31. The second kappa shape index (κ2) is 4.73. The molecule has 0 aliphatic carbocycles. The lowest BCUT2D eigenvalue weighted by molar-refractivity contribution is 0.125. The number of nitrogens with zero attached hydrogens (tertiary/aromatic N) is 1. The summed E-state index contributed by atoms with van der Waals surface area (Å²) in [6.07, 6.45) is 4.94. The van der Waals surface area contributed by atoms with Crippen LogP contribution >= 0.6 is 0 Å². The highest BCUT2D eigenvalue weighted by atomic mass is 16.3. The predicted molar refractivity (Wildman–Crippen MR) is 46.6 cm³/mol. The molecule has 0 amide bonds. The van der Waals surface area contributed by atoms with Gasteiger partial charge < -0.3 is 10.0 Å². The summed E-state index contributed by atoms with van der Waals surface area (Å²) in [5.41, 5.74) is 0.